The summed E-state index contributed by atoms with van der Waals surface area (Å²) in [5, 5.41) is 0. The van der Waals surface area contributed by atoms with Crippen LogP contribution in [0.1, 0.15) is 17.3 Å². The molecule has 0 radical (unpaired) electrons. The number of imide groups is 1. The highest BCUT2D eigenvalue weighted by atomic mass is 16.5. The van der Waals surface area contributed by atoms with Gasteiger partial charge < -0.3 is 10.5 Å². The maximum atomic E-state index is 12.0. The zero-order valence-corrected chi connectivity index (χ0v) is 9.97. The molecule has 1 aromatic carbocycles. The second-order valence-electron chi connectivity index (χ2n) is 3.50. The summed E-state index contributed by atoms with van der Waals surface area (Å²) >= 11 is 0. The van der Waals surface area contributed by atoms with Crippen molar-refractivity contribution >= 4 is 11.8 Å². The molecule has 0 aliphatic heterocycles. The van der Waals surface area contributed by atoms with E-state index in [9.17, 15) is 9.59 Å². The summed E-state index contributed by atoms with van der Waals surface area (Å²) in [5.41, 5.74) is 5.78. The van der Waals surface area contributed by atoms with E-state index in [4.69, 9.17) is 10.5 Å². The predicted molar refractivity (Wildman–Crippen MR) is 63.8 cm³/mol. The standard InChI is InChI=1S/C12H16N2O3/c1-9(15)14(7-6-13)12(16)10-4-3-5-11(8-10)17-2/h3-5,8H,6-7,13H2,1-2H3. The van der Waals surface area contributed by atoms with Crippen LogP contribution in [0.4, 0.5) is 0 Å². The summed E-state index contributed by atoms with van der Waals surface area (Å²) in [4.78, 5) is 24.5. The number of nitrogens with zero attached hydrogens (tertiary/aromatic N) is 1. The van der Waals surface area contributed by atoms with Gasteiger partial charge in [0.2, 0.25) is 5.91 Å². The topological polar surface area (TPSA) is 72.6 Å². The molecule has 0 unspecified atom stereocenters. The summed E-state index contributed by atoms with van der Waals surface area (Å²) in [6.45, 7) is 1.80. The molecule has 2 N–H and O–H groups in total. The summed E-state index contributed by atoms with van der Waals surface area (Å²) in [6.07, 6.45) is 0. The third kappa shape index (κ3) is 3.29. The predicted octanol–water partition coefficient (Wildman–Crippen LogP) is 0.643. The van der Waals surface area contributed by atoms with Crippen LogP contribution in [0.2, 0.25) is 0 Å². The van der Waals surface area contributed by atoms with Gasteiger partial charge in [-0.05, 0) is 18.2 Å². The third-order valence-electron chi connectivity index (χ3n) is 2.29. The van der Waals surface area contributed by atoms with Gasteiger partial charge in [0.1, 0.15) is 5.75 Å². The molecule has 92 valence electrons. The maximum absolute atomic E-state index is 12.0. The molecule has 2 amide bonds. The number of rotatable bonds is 4. The van der Waals surface area contributed by atoms with Gasteiger partial charge in [-0.2, -0.15) is 0 Å². The van der Waals surface area contributed by atoms with E-state index in [-0.39, 0.29) is 24.9 Å². The molecule has 0 aliphatic carbocycles. The van der Waals surface area contributed by atoms with E-state index in [0.29, 0.717) is 11.3 Å². The molecule has 0 aromatic heterocycles. The third-order valence-corrected chi connectivity index (χ3v) is 2.29. The van der Waals surface area contributed by atoms with Crippen molar-refractivity contribution in [2.45, 2.75) is 6.92 Å². The lowest BCUT2D eigenvalue weighted by Gasteiger charge is -2.18. The van der Waals surface area contributed by atoms with Crippen LogP contribution < -0.4 is 10.5 Å². The first kappa shape index (κ1) is 13.2. The Balaban J connectivity index is 2.96. The van der Waals surface area contributed by atoms with Crippen molar-refractivity contribution in [3.05, 3.63) is 29.8 Å². The first-order valence-corrected chi connectivity index (χ1v) is 5.26. The highest BCUT2D eigenvalue weighted by Gasteiger charge is 2.19. The molecule has 17 heavy (non-hydrogen) atoms. The average molecular weight is 236 g/mol. The zero-order valence-electron chi connectivity index (χ0n) is 9.97. The second-order valence-corrected chi connectivity index (χ2v) is 3.50. The van der Waals surface area contributed by atoms with Crippen molar-refractivity contribution in [3.63, 3.8) is 0 Å². The molecule has 0 atom stereocenters. The molecule has 1 aromatic rings. The largest absolute Gasteiger partial charge is 0.497 e. The normalized spacial score (nSPS) is 9.82. The van der Waals surface area contributed by atoms with Gasteiger partial charge in [0.25, 0.3) is 5.91 Å². The molecule has 0 aliphatic rings. The van der Waals surface area contributed by atoms with Gasteiger partial charge in [-0.3, -0.25) is 14.5 Å². The van der Waals surface area contributed by atoms with Gasteiger partial charge in [-0.15, -0.1) is 0 Å². The van der Waals surface area contributed by atoms with Crippen LogP contribution in [0.3, 0.4) is 0 Å². The van der Waals surface area contributed by atoms with E-state index in [2.05, 4.69) is 0 Å². The van der Waals surface area contributed by atoms with Crippen LogP contribution in [-0.2, 0) is 4.79 Å². The average Bonchev–Trinajstić information content (AvgIpc) is 2.34. The molecule has 0 heterocycles. The van der Waals surface area contributed by atoms with Gasteiger partial charge in [-0.25, -0.2) is 0 Å². The van der Waals surface area contributed by atoms with E-state index in [1.54, 1.807) is 24.3 Å². The number of carbonyl (C=O) groups is 2. The molecular formula is C12H16N2O3. The van der Waals surface area contributed by atoms with Crippen molar-refractivity contribution in [3.8, 4) is 5.75 Å². The lowest BCUT2D eigenvalue weighted by molar-refractivity contribution is -0.126. The molecular weight excluding hydrogens is 220 g/mol. The first-order valence-electron chi connectivity index (χ1n) is 5.26. The Hall–Kier alpha value is -1.88. The highest BCUT2D eigenvalue weighted by molar-refractivity contribution is 6.04. The quantitative estimate of drug-likeness (QED) is 0.832. The molecule has 0 fully saturated rings. The number of ether oxygens (including phenoxy) is 1. The fraction of sp³-hybridized carbons (Fsp3) is 0.333. The SMILES string of the molecule is COc1cccc(C(=O)N(CCN)C(C)=O)c1. The van der Waals surface area contributed by atoms with Crippen LogP contribution >= 0.6 is 0 Å². The monoisotopic (exact) mass is 236 g/mol. The van der Waals surface area contributed by atoms with Crippen molar-refractivity contribution in [2.75, 3.05) is 20.2 Å². The maximum Gasteiger partial charge on any atom is 0.260 e. The number of hydrogen-bond donors (Lipinski definition) is 1. The van der Waals surface area contributed by atoms with Crippen molar-refractivity contribution < 1.29 is 14.3 Å². The molecule has 5 nitrogen and oxygen atoms in total. The van der Waals surface area contributed by atoms with E-state index < -0.39 is 0 Å². The van der Waals surface area contributed by atoms with Crippen molar-refractivity contribution in [1.82, 2.24) is 4.90 Å². The summed E-state index contributed by atoms with van der Waals surface area (Å²) in [7, 11) is 1.52. The number of benzene rings is 1. The Morgan fingerprint density at radius 3 is 2.65 bits per heavy atom. The van der Waals surface area contributed by atoms with Crippen LogP contribution in [0.5, 0.6) is 5.75 Å². The molecule has 5 heteroatoms. The molecule has 0 bridgehead atoms. The highest BCUT2D eigenvalue weighted by Crippen LogP contribution is 2.14. The smallest absolute Gasteiger partial charge is 0.260 e. The lowest BCUT2D eigenvalue weighted by atomic mass is 10.2. The lowest BCUT2D eigenvalue weighted by Crippen LogP contribution is -2.38. The van der Waals surface area contributed by atoms with Crippen LogP contribution in [0.25, 0.3) is 0 Å². The minimum Gasteiger partial charge on any atom is -0.497 e. The summed E-state index contributed by atoms with van der Waals surface area (Å²) < 4.78 is 5.02. The van der Waals surface area contributed by atoms with E-state index >= 15 is 0 Å². The van der Waals surface area contributed by atoms with Crippen molar-refractivity contribution in [1.29, 1.82) is 0 Å². The second kappa shape index (κ2) is 6.00. The Morgan fingerprint density at radius 2 is 2.12 bits per heavy atom. The fourth-order valence-corrected chi connectivity index (χ4v) is 1.44. The minimum absolute atomic E-state index is 0.214. The number of amides is 2. The van der Waals surface area contributed by atoms with Crippen LogP contribution in [0, 0.1) is 0 Å². The van der Waals surface area contributed by atoms with E-state index in [1.165, 1.54) is 14.0 Å². The van der Waals surface area contributed by atoms with Crippen LogP contribution in [-0.4, -0.2) is 36.9 Å². The van der Waals surface area contributed by atoms with Gasteiger partial charge in [-0.1, -0.05) is 6.07 Å². The van der Waals surface area contributed by atoms with Gasteiger partial charge in [0.15, 0.2) is 0 Å². The van der Waals surface area contributed by atoms with E-state index in [0.717, 1.165) is 4.90 Å². The molecule has 0 saturated carbocycles. The Morgan fingerprint density at radius 1 is 1.41 bits per heavy atom. The van der Waals surface area contributed by atoms with E-state index in [1.807, 2.05) is 0 Å². The number of nitrogens with two attached hydrogens (primary N) is 1. The molecule has 0 spiro atoms. The van der Waals surface area contributed by atoms with Crippen LogP contribution in [0.15, 0.2) is 24.3 Å². The molecule has 1 rings (SSSR count). The minimum atomic E-state index is -0.359. The summed E-state index contributed by atoms with van der Waals surface area (Å²) in [5.74, 6) is -0.0998. The first-order chi connectivity index (χ1) is 8.10. The Labute approximate surface area is 100 Å². The molecule has 0 saturated heterocycles. The van der Waals surface area contributed by atoms with Gasteiger partial charge >= 0.3 is 0 Å². The number of carbonyl (C=O) groups excluding carboxylic acids is 2. The van der Waals surface area contributed by atoms with Crippen molar-refractivity contribution in [2.24, 2.45) is 5.73 Å². The number of methoxy groups -OCH3 is 1. The van der Waals surface area contributed by atoms with Gasteiger partial charge in [0.05, 0.1) is 7.11 Å². The summed E-state index contributed by atoms with van der Waals surface area (Å²) in [6, 6.07) is 6.66. The zero-order chi connectivity index (χ0) is 12.8. The fourth-order valence-electron chi connectivity index (χ4n) is 1.44. The van der Waals surface area contributed by atoms with Gasteiger partial charge in [0, 0.05) is 25.6 Å². The Bertz CT molecular complexity index is 418. The Kier molecular flexibility index (Phi) is 4.66. The number of hydrogen-bond acceptors (Lipinski definition) is 4.